The highest BCUT2D eigenvalue weighted by Crippen LogP contribution is 2.42. The molecule has 1 aliphatic carbocycles. The number of methoxy groups -OCH3 is 2. The van der Waals surface area contributed by atoms with Crippen molar-refractivity contribution in [1.29, 1.82) is 0 Å². The fourth-order valence-electron chi connectivity index (χ4n) is 3.75. The molecule has 31 heavy (non-hydrogen) atoms. The van der Waals surface area contributed by atoms with Crippen molar-refractivity contribution in [3.05, 3.63) is 52.5 Å². The Balaban J connectivity index is 1.45. The van der Waals surface area contributed by atoms with E-state index < -0.39 is 11.9 Å². The van der Waals surface area contributed by atoms with Gasteiger partial charge in [0.15, 0.2) is 0 Å². The van der Waals surface area contributed by atoms with Gasteiger partial charge in [0.1, 0.15) is 17.5 Å². The van der Waals surface area contributed by atoms with E-state index in [9.17, 15) is 14.4 Å². The molecule has 0 bridgehead atoms. The number of hydrogen-bond acceptors (Lipinski definition) is 5. The second-order valence-corrected chi connectivity index (χ2v) is 7.79. The van der Waals surface area contributed by atoms with Gasteiger partial charge in [0.2, 0.25) is 11.8 Å². The van der Waals surface area contributed by atoms with Crippen molar-refractivity contribution in [3.8, 4) is 11.5 Å². The van der Waals surface area contributed by atoms with E-state index in [1.807, 2.05) is 0 Å². The molecule has 1 saturated carbocycles. The lowest BCUT2D eigenvalue weighted by Crippen LogP contribution is -2.42. The average Bonchev–Trinajstić information content (AvgIpc) is 3.57. The maximum atomic E-state index is 13.0. The minimum atomic E-state index is -0.728. The first-order valence-corrected chi connectivity index (χ1v) is 10.2. The van der Waals surface area contributed by atoms with E-state index in [1.54, 1.807) is 35.2 Å². The topological polar surface area (TPSA) is 97.0 Å². The van der Waals surface area contributed by atoms with Gasteiger partial charge in [0.05, 0.1) is 31.5 Å². The van der Waals surface area contributed by atoms with Gasteiger partial charge in [-0.25, -0.2) is 0 Å². The predicted molar refractivity (Wildman–Crippen MR) is 115 cm³/mol. The molecule has 1 atom stereocenters. The number of benzene rings is 2. The van der Waals surface area contributed by atoms with Crippen molar-refractivity contribution in [1.82, 2.24) is 10.2 Å². The molecule has 0 saturated heterocycles. The molecule has 2 N–H and O–H groups in total. The van der Waals surface area contributed by atoms with E-state index in [1.165, 1.54) is 20.3 Å². The van der Waals surface area contributed by atoms with E-state index >= 15 is 0 Å². The second kappa shape index (κ2) is 8.47. The standard InChI is InChI=1S/C22H22ClN3O5/c1-30-17-10-16(18(31-2)9-15(17)23)25-19(27)11-24-21(28)20-13-5-3-4-6-14(13)22(29)26(20)12-7-8-12/h3-6,9-10,12,20H,7-8,11H2,1-2H3,(H,24,28)(H,25,27)/t20-/m0/s1. The van der Waals surface area contributed by atoms with Crippen molar-refractivity contribution in [3.63, 3.8) is 0 Å². The molecule has 2 aromatic carbocycles. The minimum absolute atomic E-state index is 0.0651. The number of nitrogens with zero attached hydrogens (tertiary/aromatic N) is 1. The van der Waals surface area contributed by atoms with Gasteiger partial charge in [-0.3, -0.25) is 14.4 Å². The fourth-order valence-corrected chi connectivity index (χ4v) is 3.98. The first kappa shape index (κ1) is 21.0. The number of rotatable bonds is 7. The molecule has 2 aromatic rings. The second-order valence-electron chi connectivity index (χ2n) is 7.39. The summed E-state index contributed by atoms with van der Waals surface area (Å²) in [6, 6.07) is 9.51. The molecule has 9 heteroatoms. The van der Waals surface area contributed by atoms with Gasteiger partial charge in [0.25, 0.3) is 5.91 Å². The SMILES string of the molecule is COc1cc(NC(=O)CNC(=O)[C@@H]2c3ccccc3C(=O)N2C2CC2)c(OC)cc1Cl. The third-order valence-corrected chi connectivity index (χ3v) is 5.65. The minimum Gasteiger partial charge on any atom is -0.495 e. The maximum absolute atomic E-state index is 13.0. The smallest absolute Gasteiger partial charge is 0.255 e. The molecule has 8 nitrogen and oxygen atoms in total. The summed E-state index contributed by atoms with van der Waals surface area (Å²) < 4.78 is 10.4. The molecular formula is C22H22ClN3O5. The van der Waals surface area contributed by atoms with Crippen molar-refractivity contribution in [2.75, 3.05) is 26.1 Å². The van der Waals surface area contributed by atoms with Gasteiger partial charge in [0, 0.05) is 23.7 Å². The van der Waals surface area contributed by atoms with Gasteiger partial charge >= 0.3 is 0 Å². The number of hydrogen-bond donors (Lipinski definition) is 2. The monoisotopic (exact) mass is 443 g/mol. The van der Waals surface area contributed by atoms with Crippen LogP contribution in [-0.2, 0) is 9.59 Å². The number of anilines is 1. The molecule has 1 fully saturated rings. The molecule has 0 radical (unpaired) electrons. The van der Waals surface area contributed by atoms with Crippen molar-refractivity contribution >= 4 is 35.0 Å². The van der Waals surface area contributed by atoms with E-state index in [0.29, 0.717) is 33.3 Å². The number of amides is 3. The average molecular weight is 444 g/mol. The largest absolute Gasteiger partial charge is 0.495 e. The number of ether oxygens (including phenoxy) is 2. The summed E-state index contributed by atoms with van der Waals surface area (Å²) in [7, 11) is 2.92. The Morgan fingerprint density at radius 3 is 2.52 bits per heavy atom. The number of fused-ring (bicyclic) bond motifs is 1. The molecule has 162 valence electrons. The number of carbonyl (C=O) groups excluding carboxylic acids is 3. The van der Waals surface area contributed by atoms with E-state index in [-0.39, 0.29) is 24.4 Å². The zero-order chi connectivity index (χ0) is 22.1. The first-order valence-electron chi connectivity index (χ1n) is 9.85. The third-order valence-electron chi connectivity index (χ3n) is 5.36. The lowest BCUT2D eigenvalue weighted by molar-refractivity contribution is -0.127. The third kappa shape index (κ3) is 4.03. The van der Waals surface area contributed by atoms with Crippen LogP contribution in [0.4, 0.5) is 5.69 Å². The van der Waals surface area contributed by atoms with Crippen LogP contribution in [0.5, 0.6) is 11.5 Å². The van der Waals surface area contributed by atoms with Crippen LogP contribution in [0.1, 0.15) is 34.8 Å². The van der Waals surface area contributed by atoms with Crippen LogP contribution in [0.25, 0.3) is 0 Å². The summed E-state index contributed by atoms with van der Waals surface area (Å²) in [4.78, 5) is 39.9. The van der Waals surface area contributed by atoms with Gasteiger partial charge in [-0.2, -0.15) is 0 Å². The summed E-state index contributed by atoms with van der Waals surface area (Å²) in [5.41, 5.74) is 1.57. The summed E-state index contributed by atoms with van der Waals surface area (Å²) >= 11 is 6.08. The summed E-state index contributed by atoms with van der Waals surface area (Å²) in [5, 5.41) is 5.68. The van der Waals surface area contributed by atoms with Crippen LogP contribution in [0.2, 0.25) is 5.02 Å². The number of nitrogens with one attached hydrogen (secondary N) is 2. The Bertz CT molecular complexity index is 1050. The van der Waals surface area contributed by atoms with Crippen LogP contribution in [0.3, 0.4) is 0 Å². The lowest BCUT2D eigenvalue weighted by Gasteiger charge is -2.24. The molecule has 0 spiro atoms. The van der Waals surface area contributed by atoms with Crippen LogP contribution >= 0.6 is 11.6 Å². The zero-order valence-electron chi connectivity index (χ0n) is 17.1. The van der Waals surface area contributed by atoms with Crippen LogP contribution in [0.15, 0.2) is 36.4 Å². The summed E-state index contributed by atoms with van der Waals surface area (Å²) in [5.74, 6) is -0.239. The van der Waals surface area contributed by atoms with Crippen LogP contribution in [0, 0.1) is 0 Å². The normalized spacial score (nSPS) is 17.2. The zero-order valence-corrected chi connectivity index (χ0v) is 17.9. The first-order chi connectivity index (χ1) is 14.9. The summed E-state index contributed by atoms with van der Waals surface area (Å²) in [6.07, 6.45) is 1.75. The molecular weight excluding hydrogens is 422 g/mol. The highest BCUT2D eigenvalue weighted by atomic mass is 35.5. The van der Waals surface area contributed by atoms with E-state index in [0.717, 1.165) is 12.8 Å². The highest BCUT2D eigenvalue weighted by molar-refractivity contribution is 6.32. The summed E-state index contributed by atoms with van der Waals surface area (Å²) in [6.45, 7) is -0.266. The van der Waals surface area contributed by atoms with Gasteiger partial charge in [-0.15, -0.1) is 0 Å². The van der Waals surface area contributed by atoms with Gasteiger partial charge in [-0.1, -0.05) is 29.8 Å². The number of carbonyl (C=O) groups is 3. The quantitative estimate of drug-likeness (QED) is 0.685. The Morgan fingerprint density at radius 1 is 1.13 bits per heavy atom. The molecule has 0 unspecified atom stereocenters. The molecule has 1 heterocycles. The van der Waals surface area contributed by atoms with Crippen molar-refractivity contribution in [2.24, 2.45) is 0 Å². The van der Waals surface area contributed by atoms with E-state index in [2.05, 4.69) is 10.6 Å². The van der Waals surface area contributed by atoms with Crippen molar-refractivity contribution < 1.29 is 23.9 Å². The Hall–Kier alpha value is -3.26. The van der Waals surface area contributed by atoms with Gasteiger partial charge in [-0.05, 0) is 24.5 Å². The Morgan fingerprint density at radius 2 is 1.84 bits per heavy atom. The fraction of sp³-hybridized carbons (Fsp3) is 0.318. The number of halogens is 1. The predicted octanol–water partition coefficient (Wildman–Crippen LogP) is 2.77. The molecule has 3 amide bonds. The molecule has 1 aliphatic heterocycles. The molecule has 4 rings (SSSR count). The van der Waals surface area contributed by atoms with Crippen molar-refractivity contribution in [2.45, 2.75) is 24.9 Å². The molecule has 2 aliphatic rings. The van der Waals surface area contributed by atoms with Crippen LogP contribution < -0.4 is 20.1 Å². The lowest BCUT2D eigenvalue weighted by atomic mass is 10.0. The Labute approximate surface area is 184 Å². The van der Waals surface area contributed by atoms with Gasteiger partial charge < -0.3 is 25.0 Å². The maximum Gasteiger partial charge on any atom is 0.255 e. The Kier molecular flexibility index (Phi) is 5.73. The van der Waals surface area contributed by atoms with E-state index in [4.69, 9.17) is 21.1 Å². The molecule has 0 aromatic heterocycles. The van der Waals surface area contributed by atoms with Crippen LogP contribution in [-0.4, -0.2) is 49.4 Å². The highest BCUT2D eigenvalue weighted by Gasteiger charge is 2.47.